The van der Waals surface area contributed by atoms with Crippen LogP contribution >= 0.6 is 0 Å². The second-order valence-electron chi connectivity index (χ2n) is 5.47. The fourth-order valence-corrected chi connectivity index (χ4v) is 2.37. The minimum absolute atomic E-state index is 0.123. The molecule has 7 heteroatoms. The lowest BCUT2D eigenvalue weighted by atomic mass is 10.1. The van der Waals surface area contributed by atoms with E-state index in [0.717, 1.165) is 0 Å². The summed E-state index contributed by atoms with van der Waals surface area (Å²) in [5.74, 6) is 0.127. The van der Waals surface area contributed by atoms with E-state index in [1.54, 1.807) is 12.1 Å². The molecule has 0 bridgehead atoms. The van der Waals surface area contributed by atoms with Gasteiger partial charge in [-0.2, -0.15) is 0 Å². The number of aliphatic carboxylic acids is 1. The van der Waals surface area contributed by atoms with Gasteiger partial charge in [0.2, 0.25) is 5.75 Å². The lowest BCUT2D eigenvalue weighted by molar-refractivity contribution is -0.143. The third-order valence-electron chi connectivity index (χ3n) is 3.98. The number of methoxy groups -OCH3 is 1. The highest BCUT2D eigenvalue weighted by atomic mass is 16.6. The average Bonchev–Trinajstić information content (AvgIpc) is 3.32. The number of carboxylic acid groups (broad SMARTS) is 1. The highest BCUT2D eigenvalue weighted by molar-refractivity contribution is 5.96. The highest BCUT2D eigenvalue weighted by Gasteiger charge is 2.50. The molecule has 2 N–H and O–H groups in total. The first-order valence-corrected chi connectivity index (χ1v) is 7.05. The van der Waals surface area contributed by atoms with Crippen LogP contribution < -0.4 is 19.5 Å². The van der Waals surface area contributed by atoms with E-state index in [1.807, 2.05) is 0 Å². The van der Waals surface area contributed by atoms with E-state index < -0.39 is 11.4 Å². The van der Waals surface area contributed by atoms with Gasteiger partial charge in [0.1, 0.15) is 13.2 Å². The molecule has 118 valence electrons. The number of benzene rings is 1. The van der Waals surface area contributed by atoms with E-state index >= 15 is 0 Å². The van der Waals surface area contributed by atoms with Crippen LogP contribution in [0.3, 0.4) is 0 Å². The molecule has 0 radical (unpaired) electrons. The van der Waals surface area contributed by atoms with Crippen molar-refractivity contribution >= 4 is 11.9 Å². The summed E-state index contributed by atoms with van der Waals surface area (Å²) in [6.07, 6.45) is 1.18. The number of carboxylic acids is 1. The first-order valence-electron chi connectivity index (χ1n) is 7.05. The van der Waals surface area contributed by atoms with Crippen molar-refractivity contribution in [2.24, 2.45) is 5.41 Å². The molecule has 2 aliphatic rings. The fraction of sp³-hybridized carbons (Fsp3) is 0.467. The van der Waals surface area contributed by atoms with Crippen molar-refractivity contribution in [3.8, 4) is 17.2 Å². The van der Waals surface area contributed by atoms with Crippen LogP contribution in [-0.4, -0.2) is 43.9 Å². The van der Waals surface area contributed by atoms with Gasteiger partial charge in [0, 0.05) is 12.1 Å². The van der Waals surface area contributed by atoms with E-state index in [-0.39, 0.29) is 12.5 Å². The number of rotatable bonds is 5. The number of hydrogen-bond acceptors (Lipinski definition) is 5. The third kappa shape index (κ3) is 2.54. The molecule has 1 aliphatic heterocycles. The van der Waals surface area contributed by atoms with Gasteiger partial charge in [-0.1, -0.05) is 0 Å². The Morgan fingerprint density at radius 3 is 2.68 bits per heavy atom. The molecule has 0 atom stereocenters. The number of carbonyl (C=O) groups excluding carboxylic acids is 1. The molecule has 1 aromatic rings. The second-order valence-corrected chi connectivity index (χ2v) is 5.47. The van der Waals surface area contributed by atoms with Gasteiger partial charge in [0.15, 0.2) is 11.5 Å². The number of nitrogens with one attached hydrogen (secondary N) is 1. The minimum atomic E-state index is -0.868. The van der Waals surface area contributed by atoms with Gasteiger partial charge < -0.3 is 24.6 Å². The lowest BCUT2D eigenvalue weighted by Crippen LogP contribution is -2.34. The number of ether oxygens (including phenoxy) is 3. The quantitative estimate of drug-likeness (QED) is 0.845. The molecule has 1 fully saturated rings. The van der Waals surface area contributed by atoms with Crippen LogP contribution in [0, 0.1) is 5.41 Å². The van der Waals surface area contributed by atoms with Gasteiger partial charge in [-0.05, 0) is 25.0 Å². The average molecular weight is 307 g/mol. The summed E-state index contributed by atoms with van der Waals surface area (Å²) in [4.78, 5) is 23.4. The molecule has 0 aromatic heterocycles. The van der Waals surface area contributed by atoms with Gasteiger partial charge >= 0.3 is 5.97 Å². The van der Waals surface area contributed by atoms with Gasteiger partial charge in [0.25, 0.3) is 5.91 Å². The topological polar surface area (TPSA) is 94.1 Å². The SMILES string of the molecule is COc1cc(C(=O)NCC2(C(=O)O)CC2)cc2c1OCCO2. The molecule has 7 nitrogen and oxygen atoms in total. The predicted molar refractivity (Wildman–Crippen MR) is 75.6 cm³/mol. The molecule has 1 amide bonds. The molecule has 0 unspecified atom stereocenters. The zero-order chi connectivity index (χ0) is 15.7. The number of hydrogen-bond donors (Lipinski definition) is 2. The second kappa shape index (κ2) is 5.40. The van der Waals surface area contributed by atoms with Crippen LogP contribution in [0.2, 0.25) is 0 Å². The maximum atomic E-state index is 12.2. The van der Waals surface area contributed by atoms with Gasteiger partial charge in [-0.15, -0.1) is 0 Å². The molecule has 1 aromatic carbocycles. The summed E-state index contributed by atoms with van der Waals surface area (Å²) in [5.41, 5.74) is -0.449. The zero-order valence-electron chi connectivity index (χ0n) is 12.2. The van der Waals surface area contributed by atoms with Crippen molar-refractivity contribution in [1.29, 1.82) is 0 Å². The van der Waals surface area contributed by atoms with E-state index in [2.05, 4.69) is 5.32 Å². The van der Waals surface area contributed by atoms with Crippen molar-refractivity contribution in [2.75, 3.05) is 26.9 Å². The fourth-order valence-electron chi connectivity index (χ4n) is 2.37. The summed E-state index contributed by atoms with van der Waals surface area (Å²) >= 11 is 0. The monoisotopic (exact) mass is 307 g/mol. The van der Waals surface area contributed by atoms with Crippen LogP contribution in [0.5, 0.6) is 17.2 Å². The highest BCUT2D eigenvalue weighted by Crippen LogP contribution is 2.45. The number of carbonyl (C=O) groups is 2. The molecule has 1 saturated carbocycles. The Labute approximate surface area is 127 Å². The Morgan fingerprint density at radius 1 is 1.32 bits per heavy atom. The van der Waals surface area contributed by atoms with Crippen LogP contribution in [-0.2, 0) is 4.79 Å². The van der Waals surface area contributed by atoms with E-state index in [0.29, 0.717) is 48.9 Å². The van der Waals surface area contributed by atoms with Gasteiger partial charge in [-0.25, -0.2) is 0 Å². The smallest absolute Gasteiger partial charge is 0.311 e. The molecule has 3 rings (SSSR count). The Bertz CT molecular complexity index is 605. The zero-order valence-corrected chi connectivity index (χ0v) is 12.2. The normalized spacial score (nSPS) is 17.5. The van der Waals surface area contributed by atoms with E-state index in [1.165, 1.54) is 7.11 Å². The summed E-state index contributed by atoms with van der Waals surface area (Å²) in [7, 11) is 1.49. The van der Waals surface area contributed by atoms with Crippen molar-refractivity contribution in [3.63, 3.8) is 0 Å². The largest absolute Gasteiger partial charge is 0.493 e. The van der Waals surface area contributed by atoms with Crippen LogP contribution in [0.15, 0.2) is 12.1 Å². The first-order chi connectivity index (χ1) is 10.6. The van der Waals surface area contributed by atoms with Crippen molar-refractivity contribution in [1.82, 2.24) is 5.32 Å². The summed E-state index contributed by atoms with van der Waals surface area (Å²) in [5, 5.41) is 11.8. The van der Waals surface area contributed by atoms with Gasteiger partial charge in [-0.3, -0.25) is 9.59 Å². The molecular weight excluding hydrogens is 290 g/mol. The van der Waals surface area contributed by atoms with Crippen LogP contribution in [0.1, 0.15) is 23.2 Å². The van der Waals surface area contributed by atoms with Crippen LogP contribution in [0.4, 0.5) is 0 Å². The molecular formula is C15H17NO6. The minimum Gasteiger partial charge on any atom is -0.493 e. The molecule has 0 spiro atoms. The molecule has 22 heavy (non-hydrogen) atoms. The molecule has 1 heterocycles. The van der Waals surface area contributed by atoms with Crippen molar-refractivity contribution < 1.29 is 28.9 Å². The standard InChI is InChI=1S/C15H17NO6/c1-20-10-6-9(7-11-12(10)22-5-4-21-11)13(17)16-8-15(2-3-15)14(18)19/h6-7H,2-5,8H2,1H3,(H,16,17)(H,18,19). The maximum absolute atomic E-state index is 12.2. The first kappa shape index (κ1) is 14.5. The maximum Gasteiger partial charge on any atom is 0.311 e. The predicted octanol–water partition coefficient (Wildman–Crippen LogP) is 1.06. The van der Waals surface area contributed by atoms with Crippen LogP contribution in [0.25, 0.3) is 0 Å². The van der Waals surface area contributed by atoms with E-state index in [4.69, 9.17) is 19.3 Å². The summed E-state index contributed by atoms with van der Waals surface area (Å²) in [6.45, 7) is 0.956. The molecule has 0 saturated heterocycles. The Morgan fingerprint density at radius 2 is 2.05 bits per heavy atom. The van der Waals surface area contributed by atoms with E-state index in [9.17, 15) is 9.59 Å². The Kier molecular flexibility index (Phi) is 3.56. The summed E-state index contributed by atoms with van der Waals surface area (Å²) < 4.78 is 16.2. The molecule has 1 aliphatic carbocycles. The Balaban J connectivity index is 1.76. The Hall–Kier alpha value is -2.44. The van der Waals surface area contributed by atoms with Gasteiger partial charge in [0.05, 0.1) is 12.5 Å². The summed E-state index contributed by atoms with van der Waals surface area (Å²) in [6, 6.07) is 3.13. The van der Waals surface area contributed by atoms with Crippen molar-refractivity contribution in [3.05, 3.63) is 17.7 Å². The van der Waals surface area contributed by atoms with Crippen molar-refractivity contribution in [2.45, 2.75) is 12.8 Å². The third-order valence-corrected chi connectivity index (χ3v) is 3.98. The lowest BCUT2D eigenvalue weighted by Gasteiger charge is -2.21. The number of fused-ring (bicyclic) bond motifs is 1. The number of amides is 1.